The Balaban J connectivity index is 1.56. The molecule has 1 aromatic heterocycles. The average Bonchev–Trinajstić information content (AvgIpc) is 3.27. The molecule has 0 spiro atoms. The topological polar surface area (TPSA) is 151 Å². The van der Waals surface area contributed by atoms with E-state index in [0.717, 1.165) is 4.90 Å². The molecule has 2 aliphatic heterocycles. The zero-order chi connectivity index (χ0) is 23.0. The second-order valence-corrected chi connectivity index (χ2v) is 7.33. The maximum atomic E-state index is 12.9. The van der Waals surface area contributed by atoms with Crippen LogP contribution in [0.4, 0.5) is 5.69 Å². The number of aromatic nitrogens is 2. The van der Waals surface area contributed by atoms with Crippen molar-refractivity contribution in [3.8, 4) is 5.88 Å². The molecule has 1 fully saturated rings. The van der Waals surface area contributed by atoms with Crippen LogP contribution in [0, 0.1) is 0 Å². The number of ether oxygens (including phenoxy) is 1. The minimum atomic E-state index is -1.05. The van der Waals surface area contributed by atoms with E-state index in [1.165, 1.54) is 18.2 Å². The number of imide groups is 2. The summed E-state index contributed by atoms with van der Waals surface area (Å²) in [5, 5.41) is 11.5. The van der Waals surface area contributed by atoms with Gasteiger partial charge in [0.25, 0.3) is 17.7 Å². The zero-order valence-electron chi connectivity index (χ0n) is 17.5. The van der Waals surface area contributed by atoms with Crippen molar-refractivity contribution in [3.63, 3.8) is 0 Å². The molecule has 3 heterocycles. The Morgan fingerprint density at radius 1 is 1.19 bits per heavy atom. The van der Waals surface area contributed by atoms with Gasteiger partial charge in [0.05, 0.1) is 17.7 Å². The van der Waals surface area contributed by atoms with Crippen molar-refractivity contribution < 1.29 is 28.7 Å². The van der Waals surface area contributed by atoms with E-state index in [1.807, 2.05) is 13.8 Å². The van der Waals surface area contributed by atoms with Gasteiger partial charge in [-0.3, -0.25) is 39.3 Å². The third-order valence-electron chi connectivity index (χ3n) is 5.39. The molecule has 1 atom stereocenters. The summed E-state index contributed by atoms with van der Waals surface area (Å²) in [6.45, 7) is 4.09. The van der Waals surface area contributed by atoms with E-state index < -0.39 is 35.6 Å². The monoisotopic (exact) mass is 439 g/mol. The van der Waals surface area contributed by atoms with Crippen LogP contribution in [0.2, 0.25) is 0 Å². The SMILES string of the molecule is CCOc1n[nH]c(C(=O)Nc2ccc3c(c2)C(=O)N(C2CCC(=O)NC2=O)C3=O)c1CC. The minimum absolute atomic E-state index is 0.0405. The Bertz CT molecular complexity index is 1150. The van der Waals surface area contributed by atoms with Crippen LogP contribution in [0.15, 0.2) is 18.2 Å². The van der Waals surface area contributed by atoms with Gasteiger partial charge in [0.2, 0.25) is 17.7 Å². The Morgan fingerprint density at radius 2 is 1.94 bits per heavy atom. The van der Waals surface area contributed by atoms with Crippen LogP contribution >= 0.6 is 0 Å². The first-order valence-electron chi connectivity index (χ1n) is 10.2. The van der Waals surface area contributed by atoms with Crippen molar-refractivity contribution in [3.05, 3.63) is 40.6 Å². The van der Waals surface area contributed by atoms with Crippen LogP contribution in [0.1, 0.15) is 63.5 Å². The van der Waals surface area contributed by atoms with E-state index in [0.29, 0.717) is 30.2 Å². The van der Waals surface area contributed by atoms with Crippen molar-refractivity contribution in [1.82, 2.24) is 20.4 Å². The average molecular weight is 439 g/mol. The highest BCUT2D eigenvalue weighted by Gasteiger charge is 2.44. The largest absolute Gasteiger partial charge is 0.477 e. The number of anilines is 1. The fraction of sp³-hybridized carbons (Fsp3) is 0.333. The summed E-state index contributed by atoms with van der Waals surface area (Å²) in [7, 11) is 0. The number of nitrogens with one attached hydrogen (secondary N) is 3. The highest BCUT2D eigenvalue weighted by atomic mass is 16.5. The Labute approximate surface area is 182 Å². The number of aromatic amines is 1. The highest BCUT2D eigenvalue weighted by Crippen LogP contribution is 2.30. The fourth-order valence-corrected chi connectivity index (χ4v) is 3.86. The molecule has 166 valence electrons. The van der Waals surface area contributed by atoms with Crippen molar-refractivity contribution in [1.29, 1.82) is 0 Å². The van der Waals surface area contributed by atoms with Gasteiger partial charge in [-0.15, -0.1) is 5.10 Å². The molecule has 5 amide bonds. The fourth-order valence-electron chi connectivity index (χ4n) is 3.86. The third-order valence-corrected chi connectivity index (χ3v) is 5.39. The van der Waals surface area contributed by atoms with Crippen molar-refractivity contribution >= 4 is 35.2 Å². The van der Waals surface area contributed by atoms with Crippen molar-refractivity contribution in [2.45, 2.75) is 39.2 Å². The molecule has 11 nitrogen and oxygen atoms in total. The van der Waals surface area contributed by atoms with Crippen LogP contribution in [0.3, 0.4) is 0 Å². The van der Waals surface area contributed by atoms with E-state index in [2.05, 4.69) is 20.8 Å². The Hall–Kier alpha value is -4.02. The number of hydrogen-bond acceptors (Lipinski definition) is 7. The summed E-state index contributed by atoms with van der Waals surface area (Å²) in [6, 6.07) is 3.27. The first-order valence-corrected chi connectivity index (χ1v) is 10.2. The van der Waals surface area contributed by atoms with Crippen LogP contribution in [-0.2, 0) is 16.0 Å². The molecule has 0 radical (unpaired) electrons. The summed E-state index contributed by atoms with van der Waals surface area (Å²) < 4.78 is 5.42. The summed E-state index contributed by atoms with van der Waals surface area (Å²) in [6.07, 6.45) is 0.632. The normalized spacial score (nSPS) is 17.9. The number of rotatable bonds is 6. The molecule has 1 saturated heterocycles. The number of hydrogen-bond donors (Lipinski definition) is 3. The van der Waals surface area contributed by atoms with Crippen LogP contribution < -0.4 is 15.4 Å². The molecule has 1 unspecified atom stereocenters. The maximum Gasteiger partial charge on any atom is 0.274 e. The van der Waals surface area contributed by atoms with E-state index in [1.54, 1.807) is 0 Å². The predicted octanol–water partition coefficient (Wildman–Crippen LogP) is 1.02. The predicted molar refractivity (Wildman–Crippen MR) is 110 cm³/mol. The summed E-state index contributed by atoms with van der Waals surface area (Å²) >= 11 is 0. The van der Waals surface area contributed by atoms with Crippen LogP contribution in [0.25, 0.3) is 0 Å². The second kappa shape index (κ2) is 8.25. The van der Waals surface area contributed by atoms with Gasteiger partial charge in [-0.25, -0.2) is 0 Å². The van der Waals surface area contributed by atoms with Crippen molar-refractivity contribution in [2.75, 3.05) is 11.9 Å². The van der Waals surface area contributed by atoms with Crippen molar-refractivity contribution in [2.24, 2.45) is 0 Å². The molecular weight excluding hydrogens is 418 g/mol. The number of H-pyrrole nitrogens is 1. The number of piperidine rings is 1. The first-order chi connectivity index (χ1) is 15.3. The molecule has 3 N–H and O–H groups in total. The summed E-state index contributed by atoms with van der Waals surface area (Å²) in [4.78, 5) is 62.8. The van der Waals surface area contributed by atoms with Gasteiger partial charge < -0.3 is 10.1 Å². The summed E-state index contributed by atoms with van der Waals surface area (Å²) in [5.41, 5.74) is 1.37. The van der Waals surface area contributed by atoms with E-state index in [9.17, 15) is 24.0 Å². The smallest absolute Gasteiger partial charge is 0.274 e. The lowest BCUT2D eigenvalue weighted by molar-refractivity contribution is -0.136. The first kappa shape index (κ1) is 21.2. The Morgan fingerprint density at radius 3 is 2.62 bits per heavy atom. The molecular formula is C21H21N5O6. The van der Waals surface area contributed by atoms with E-state index in [-0.39, 0.29) is 29.7 Å². The molecule has 0 saturated carbocycles. The van der Waals surface area contributed by atoms with Crippen LogP contribution in [-0.4, -0.2) is 57.3 Å². The number of benzene rings is 1. The molecule has 11 heteroatoms. The second-order valence-electron chi connectivity index (χ2n) is 7.33. The van der Waals surface area contributed by atoms with Gasteiger partial charge in [-0.05, 0) is 38.0 Å². The number of carbonyl (C=O) groups excluding carboxylic acids is 5. The maximum absolute atomic E-state index is 12.9. The van der Waals surface area contributed by atoms with Gasteiger partial charge >= 0.3 is 0 Å². The van der Waals surface area contributed by atoms with Crippen LogP contribution in [0.5, 0.6) is 5.88 Å². The van der Waals surface area contributed by atoms with E-state index >= 15 is 0 Å². The van der Waals surface area contributed by atoms with Gasteiger partial charge in [-0.1, -0.05) is 6.92 Å². The quantitative estimate of drug-likeness (QED) is 0.569. The molecule has 2 aliphatic rings. The number of fused-ring (bicyclic) bond motifs is 1. The third kappa shape index (κ3) is 3.51. The number of carbonyl (C=O) groups is 5. The van der Waals surface area contributed by atoms with Gasteiger partial charge in [0, 0.05) is 17.7 Å². The molecule has 0 bridgehead atoms. The lowest BCUT2D eigenvalue weighted by Crippen LogP contribution is -2.54. The molecule has 4 rings (SSSR count). The summed E-state index contributed by atoms with van der Waals surface area (Å²) in [5.74, 6) is -2.49. The Kier molecular flexibility index (Phi) is 5.47. The minimum Gasteiger partial charge on any atom is -0.477 e. The van der Waals surface area contributed by atoms with E-state index in [4.69, 9.17) is 4.74 Å². The molecule has 32 heavy (non-hydrogen) atoms. The highest BCUT2D eigenvalue weighted by molar-refractivity contribution is 6.24. The van der Waals surface area contributed by atoms with Gasteiger partial charge in [0.15, 0.2) is 0 Å². The number of amides is 5. The number of nitrogens with zero attached hydrogens (tertiary/aromatic N) is 2. The lowest BCUT2D eigenvalue weighted by atomic mass is 10.0. The molecule has 1 aromatic carbocycles. The molecule has 2 aromatic rings. The standard InChI is InChI=1S/C21H21N5O6/c1-3-11-16(24-25-19(11)32-4-2)18(29)22-10-5-6-12-13(9-10)21(31)26(20(12)30)14-7-8-15(27)23-17(14)28/h5-6,9,14H,3-4,7-8H2,1-2H3,(H,22,29)(H,24,25)(H,23,27,28). The molecule has 0 aliphatic carbocycles. The lowest BCUT2D eigenvalue weighted by Gasteiger charge is -2.27. The zero-order valence-corrected chi connectivity index (χ0v) is 17.5. The van der Waals surface area contributed by atoms with Gasteiger partial charge in [0.1, 0.15) is 11.7 Å². The van der Waals surface area contributed by atoms with Gasteiger partial charge in [-0.2, -0.15) is 0 Å².